The number of oxazole rings is 3. The Hall–Kier alpha value is -10.8. The molecule has 3 atom stereocenters. The smallest absolute Gasteiger partial charge is 0.278 e. The molecule has 0 saturated heterocycles. The average Bonchev–Trinajstić information content (AvgIpc) is 3.99. The second-order valence-corrected chi connectivity index (χ2v) is 18.8. The largest absolute Gasteiger partial charge is 0.443 e. The Kier molecular flexibility index (Phi) is 18.0. The minimum Gasteiger partial charge on any atom is -0.443 e. The first-order valence-electron chi connectivity index (χ1n) is 23.6. The number of nitrogens with one attached hydrogen (secondary N) is 9. The molecule has 0 spiro atoms. The Morgan fingerprint density at radius 2 is 1.29 bits per heavy atom. The molecule has 0 aromatic carbocycles. The van der Waals surface area contributed by atoms with Gasteiger partial charge in [-0.15, -0.1) is 11.3 Å². The van der Waals surface area contributed by atoms with Gasteiger partial charge in [0.05, 0.1) is 51.6 Å². The number of hydrogen-bond acceptors (Lipinski definition) is 21. The molecule has 6 rings (SSSR count). The van der Waals surface area contributed by atoms with Crippen molar-refractivity contribution in [2.45, 2.75) is 65.3 Å². The van der Waals surface area contributed by atoms with E-state index in [0.29, 0.717) is 0 Å². The number of aromatic nitrogens is 5. The molecule has 31 heteroatoms. The molecule has 10 amide bonds. The first kappa shape index (κ1) is 60.4. The first-order valence-corrected chi connectivity index (χ1v) is 24.5. The average molecular weight is 1150 g/mol. The third kappa shape index (κ3) is 13.9. The van der Waals surface area contributed by atoms with E-state index in [2.05, 4.69) is 112 Å². The number of aryl methyl sites for hydroxylation is 2. The Balaban J connectivity index is 1.37. The molecule has 5 aromatic rings. The maximum absolute atomic E-state index is 13.8. The number of hydrogen-bond donors (Lipinski definition) is 12. The van der Waals surface area contributed by atoms with E-state index in [1.165, 1.54) is 65.1 Å². The lowest BCUT2D eigenvalue weighted by Gasteiger charge is -2.29. The number of amides is 10. The van der Waals surface area contributed by atoms with E-state index in [-0.39, 0.29) is 73.7 Å². The second-order valence-electron chi connectivity index (χ2n) is 18.0. The van der Waals surface area contributed by atoms with Gasteiger partial charge in [0, 0.05) is 10.9 Å². The van der Waals surface area contributed by atoms with E-state index in [4.69, 9.17) is 19.0 Å². The van der Waals surface area contributed by atoms with Crippen LogP contribution in [0.15, 0.2) is 105 Å². The molecule has 1 aliphatic rings. The zero-order valence-electron chi connectivity index (χ0n) is 44.3. The standard InChI is InChI=1S/C51H51N15O15S/c1-13-28-49-65-34(26(10)81-49)45(76)56-21(5)40(71)66-36(51(11,12)78)46(77)58-23(7)48-64-33(25(9)80-48)44(75)55-20(4)39(70)57-22(6)47-61-30(16-79-47)35-27(50-62-31(17-82-50)42(73)63-32(24(8)67)43(74)60-28)14-15-29(59-35)41(72)54-19(3)38(69)53-18(2)37(52)68/h13-17,24,32,36,67,78H,2-7H2,1,8-12H3,(H2,52,68)(H,53,69)(H,54,72)(H,55,75)(H,56,76)(H,57,70)(H,58,77)(H,60,74)(H,63,73)(H,66,71)/b28-13+. The van der Waals surface area contributed by atoms with Gasteiger partial charge in [-0.2, -0.15) is 0 Å². The van der Waals surface area contributed by atoms with Crippen LogP contribution in [0.2, 0.25) is 0 Å². The minimum atomic E-state index is -2.00. The molecule has 0 radical (unpaired) electrons. The van der Waals surface area contributed by atoms with Crippen molar-refractivity contribution in [1.29, 1.82) is 0 Å². The highest BCUT2D eigenvalue weighted by atomic mass is 32.1. The van der Waals surface area contributed by atoms with Gasteiger partial charge in [-0.3, -0.25) is 47.9 Å². The van der Waals surface area contributed by atoms with E-state index in [9.17, 15) is 58.2 Å². The zero-order chi connectivity index (χ0) is 60.8. The van der Waals surface area contributed by atoms with Gasteiger partial charge in [0.2, 0.25) is 29.5 Å². The van der Waals surface area contributed by atoms with Gasteiger partial charge in [-0.1, -0.05) is 45.5 Å². The zero-order valence-corrected chi connectivity index (χ0v) is 45.1. The summed E-state index contributed by atoms with van der Waals surface area (Å²) in [7, 11) is 0. The third-order valence-electron chi connectivity index (χ3n) is 11.2. The number of rotatable bonds is 7. The van der Waals surface area contributed by atoms with Crippen LogP contribution < -0.4 is 53.6 Å². The van der Waals surface area contributed by atoms with Crippen molar-refractivity contribution in [3.63, 3.8) is 0 Å². The molecular formula is C51H51N15O15S. The molecule has 6 heterocycles. The van der Waals surface area contributed by atoms with Crippen LogP contribution in [0.3, 0.4) is 0 Å². The van der Waals surface area contributed by atoms with Gasteiger partial charge in [0.15, 0.2) is 11.4 Å². The van der Waals surface area contributed by atoms with Crippen molar-refractivity contribution >= 4 is 87.5 Å². The number of aliphatic hydroxyl groups excluding tert-OH is 1. The number of carbonyl (C=O) groups excluding carboxylic acids is 10. The summed E-state index contributed by atoms with van der Waals surface area (Å²) in [5.41, 5.74) is -1.53. The summed E-state index contributed by atoms with van der Waals surface area (Å²) in [6.45, 7) is 29.1. The van der Waals surface area contributed by atoms with Gasteiger partial charge >= 0.3 is 0 Å². The summed E-state index contributed by atoms with van der Waals surface area (Å²) in [5, 5.41) is 43.7. The monoisotopic (exact) mass is 1150 g/mol. The predicted molar refractivity (Wildman–Crippen MR) is 287 cm³/mol. The van der Waals surface area contributed by atoms with Gasteiger partial charge < -0.3 is 77.0 Å². The summed E-state index contributed by atoms with van der Waals surface area (Å²) in [6.07, 6.45) is 0.826. The molecule has 0 fully saturated rings. The van der Waals surface area contributed by atoms with Crippen molar-refractivity contribution in [3.05, 3.63) is 144 Å². The number of fused-ring (bicyclic) bond motifs is 11. The molecule has 5 aromatic heterocycles. The summed E-state index contributed by atoms with van der Waals surface area (Å²) < 4.78 is 16.9. The van der Waals surface area contributed by atoms with Crippen LogP contribution in [0, 0.1) is 13.8 Å². The molecule has 13 N–H and O–H groups in total. The fourth-order valence-corrected chi connectivity index (χ4v) is 7.70. The molecular weight excluding hydrogens is 1090 g/mol. The molecule has 0 aliphatic carbocycles. The van der Waals surface area contributed by atoms with E-state index in [0.717, 1.165) is 17.6 Å². The van der Waals surface area contributed by atoms with Crippen LogP contribution in [0.25, 0.3) is 39.1 Å². The summed E-state index contributed by atoms with van der Waals surface area (Å²) in [5.74, 6) is -11.7. The number of primary amides is 1. The fraction of sp³-hybridized carbons (Fsp3) is 0.196. The quantitative estimate of drug-likeness (QED) is 0.0962. The van der Waals surface area contributed by atoms with Crippen molar-refractivity contribution < 1.29 is 71.4 Å². The van der Waals surface area contributed by atoms with Crippen LogP contribution in [-0.2, 0) is 28.8 Å². The molecule has 30 nitrogen and oxygen atoms in total. The van der Waals surface area contributed by atoms with Gasteiger partial charge in [0.25, 0.3) is 47.3 Å². The number of thiazole rings is 1. The number of nitrogens with zero attached hydrogens (tertiary/aromatic N) is 5. The molecule has 426 valence electrons. The SMILES string of the molecule is C=C(NC(=O)C(=C)NC(=O)c1ccc2c(n1)-c1coc(n1)C(=C)NC(=O)C(=C)NC(=O)c1nc(oc1C)C(=C)NC(=O)C(C(C)(C)O)NC(=O)C(=C)NC(=O)c1nc(oc1C)/C(=C\C)NC(=O)C(C(C)O)NC(=O)c1csc-2n1)C(N)=O. The molecule has 8 bridgehead atoms. The van der Waals surface area contributed by atoms with Crippen LogP contribution in [0.5, 0.6) is 0 Å². The van der Waals surface area contributed by atoms with Crippen LogP contribution in [0.1, 0.15) is 98.8 Å². The van der Waals surface area contributed by atoms with E-state index in [1.807, 2.05) is 0 Å². The van der Waals surface area contributed by atoms with Gasteiger partial charge in [-0.25, -0.2) is 24.9 Å². The fourth-order valence-electron chi connectivity index (χ4n) is 6.87. The van der Waals surface area contributed by atoms with Crippen LogP contribution in [0.4, 0.5) is 0 Å². The lowest BCUT2D eigenvalue weighted by atomic mass is 9.97. The number of pyridine rings is 1. The summed E-state index contributed by atoms with van der Waals surface area (Å²) in [4.78, 5) is 154. The van der Waals surface area contributed by atoms with Gasteiger partial charge in [0.1, 0.15) is 57.7 Å². The van der Waals surface area contributed by atoms with Crippen LogP contribution >= 0.6 is 11.3 Å². The maximum atomic E-state index is 13.8. The number of allylic oxidation sites excluding steroid dienone is 1. The first-order chi connectivity index (χ1) is 38.4. The normalized spacial score (nSPS) is 17.3. The number of aliphatic hydroxyl groups is 2. The lowest BCUT2D eigenvalue weighted by molar-refractivity contribution is -0.132. The van der Waals surface area contributed by atoms with Crippen molar-refractivity contribution in [2.24, 2.45) is 5.73 Å². The molecule has 1 aliphatic heterocycles. The number of carbonyl (C=O) groups is 10. The van der Waals surface area contributed by atoms with Crippen LogP contribution in [-0.4, -0.2) is 118 Å². The lowest BCUT2D eigenvalue weighted by Crippen LogP contribution is -2.58. The van der Waals surface area contributed by atoms with Gasteiger partial charge in [-0.05, 0) is 53.7 Å². The number of nitrogens with two attached hydrogens (primary N) is 1. The topological polar surface area (TPSA) is 449 Å². The maximum Gasteiger partial charge on any atom is 0.278 e. The van der Waals surface area contributed by atoms with E-state index < -0.39 is 123 Å². The van der Waals surface area contributed by atoms with Crippen molar-refractivity contribution in [1.82, 2.24) is 72.8 Å². The van der Waals surface area contributed by atoms with E-state index in [1.54, 1.807) is 0 Å². The highest BCUT2D eigenvalue weighted by Gasteiger charge is 2.37. The Bertz CT molecular complexity index is 3660. The van der Waals surface area contributed by atoms with Crippen molar-refractivity contribution in [2.75, 3.05) is 0 Å². The molecule has 3 unspecified atom stereocenters. The summed E-state index contributed by atoms with van der Waals surface area (Å²) in [6, 6.07) is -0.904. The third-order valence-corrected chi connectivity index (χ3v) is 12.0. The predicted octanol–water partition coefficient (Wildman–Crippen LogP) is 0.0983. The minimum absolute atomic E-state index is 0.0594. The molecule has 82 heavy (non-hydrogen) atoms. The Labute approximate surface area is 467 Å². The van der Waals surface area contributed by atoms with Crippen molar-refractivity contribution in [3.8, 4) is 22.0 Å². The Morgan fingerprint density at radius 3 is 1.89 bits per heavy atom. The molecule has 0 saturated carbocycles. The second kappa shape index (κ2) is 24.5. The van der Waals surface area contributed by atoms with E-state index >= 15 is 0 Å². The summed E-state index contributed by atoms with van der Waals surface area (Å²) >= 11 is 0.884. The highest BCUT2D eigenvalue weighted by molar-refractivity contribution is 7.13. The Morgan fingerprint density at radius 1 is 0.707 bits per heavy atom. The highest BCUT2D eigenvalue weighted by Crippen LogP contribution is 2.33.